The molecule has 0 aliphatic carbocycles. The van der Waals surface area contributed by atoms with Crippen molar-refractivity contribution in [3.63, 3.8) is 0 Å². The Balaban J connectivity index is 1.89. The molecular formula is C15H12N6. The number of nitrogens with zero attached hydrogens (tertiary/aromatic N) is 6. The van der Waals surface area contributed by atoms with Gasteiger partial charge < -0.3 is 4.57 Å². The molecule has 6 heteroatoms. The Labute approximate surface area is 121 Å². The van der Waals surface area contributed by atoms with E-state index in [1.807, 2.05) is 34.9 Å². The highest BCUT2D eigenvalue weighted by Crippen LogP contribution is 2.21. The summed E-state index contributed by atoms with van der Waals surface area (Å²) in [5.74, 6) is 0.784. The minimum Gasteiger partial charge on any atom is -0.309 e. The number of azide groups is 1. The van der Waals surface area contributed by atoms with Gasteiger partial charge in [-0.1, -0.05) is 59.7 Å². The van der Waals surface area contributed by atoms with Crippen molar-refractivity contribution >= 4 is 5.69 Å². The fourth-order valence-electron chi connectivity index (χ4n) is 2.10. The van der Waals surface area contributed by atoms with Crippen LogP contribution in [0, 0.1) is 0 Å². The molecule has 21 heavy (non-hydrogen) atoms. The fraction of sp³-hybridized carbons (Fsp3) is 0.0667. The number of rotatable bonds is 4. The van der Waals surface area contributed by atoms with E-state index in [0.717, 1.165) is 11.4 Å². The molecule has 0 radical (unpaired) electrons. The van der Waals surface area contributed by atoms with Crippen LogP contribution in [0.15, 0.2) is 66.0 Å². The summed E-state index contributed by atoms with van der Waals surface area (Å²) in [4.78, 5) is 2.76. The van der Waals surface area contributed by atoms with Gasteiger partial charge in [0.05, 0.1) is 6.54 Å². The van der Waals surface area contributed by atoms with Crippen LogP contribution in [0.25, 0.3) is 21.8 Å². The maximum atomic E-state index is 8.41. The van der Waals surface area contributed by atoms with Crippen LogP contribution in [0.3, 0.4) is 0 Å². The topological polar surface area (TPSA) is 79.5 Å². The summed E-state index contributed by atoms with van der Waals surface area (Å²) in [6.07, 6.45) is 1.71. The monoisotopic (exact) mass is 276 g/mol. The largest absolute Gasteiger partial charge is 0.309 e. The van der Waals surface area contributed by atoms with E-state index in [0.29, 0.717) is 12.2 Å². The second-order valence-electron chi connectivity index (χ2n) is 4.50. The van der Waals surface area contributed by atoms with Gasteiger partial charge in [0.1, 0.15) is 6.33 Å². The maximum Gasteiger partial charge on any atom is 0.164 e. The molecule has 0 amide bonds. The first-order valence-corrected chi connectivity index (χ1v) is 6.44. The molecule has 0 fully saturated rings. The van der Waals surface area contributed by atoms with Crippen molar-refractivity contribution < 1.29 is 0 Å². The standard InChI is InChI=1S/C15H12N6/c16-20-18-14-8-6-13(7-9-14)15-19-17-11-21(15)10-12-4-2-1-3-5-12/h1-9,11H,10H2. The highest BCUT2D eigenvalue weighted by molar-refractivity contribution is 5.58. The van der Waals surface area contributed by atoms with Crippen LogP contribution in [0.1, 0.15) is 5.56 Å². The third-order valence-electron chi connectivity index (χ3n) is 3.10. The molecule has 0 N–H and O–H groups in total. The van der Waals surface area contributed by atoms with Crippen molar-refractivity contribution in [1.29, 1.82) is 0 Å². The number of hydrogen-bond donors (Lipinski definition) is 0. The third kappa shape index (κ3) is 2.91. The van der Waals surface area contributed by atoms with E-state index in [1.165, 1.54) is 5.56 Å². The number of aromatic nitrogens is 3. The SMILES string of the molecule is [N-]=[N+]=Nc1ccc(-c2nncn2Cc2ccccc2)cc1. The van der Waals surface area contributed by atoms with Gasteiger partial charge in [-0.2, -0.15) is 0 Å². The van der Waals surface area contributed by atoms with Crippen LogP contribution in [0.4, 0.5) is 5.69 Å². The van der Waals surface area contributed by atoms with Crippen molar-refractivity contribution in [1.82, 2.24) is 14.8 Å². The van der Waals surface area contributed by atoms with Crippen molar-refractivity contribution in [3.05, 3.63) is 76.9 Å². The first kappa shape index (κ1) is 12.9. The van der Waals surface area contributed by atoms with Crippen LogP contribution in [0.2, 0.25) is 0 Å². The van der Waals surface area contributed by atoms with Crippen LogP contribution in [0.5, 0.6) is 0 Å². The molecule has 3 aromatic rings. The van der Waals surface area contributed by atoms with E-state index >= 15 is 0 Å². The zero-order chi connectivity index (χ0) is 14.5. The van der Waals surface area contributed by atoms with Crippen LogP contribution in [-0.2, 0) is 6.54 Å². The number of benzene rings is 2. The quantitative estimate of drug-likeness (QED) is 0.411. The predicted octanol–water partition coefficient (Wildman–Crippen LogP) is 3.94. The zero-order valence-electron chi connectivity index (χ0n) is 11.2. The van der Waals surface area contributed by atoms with E-state index in [-0.39, 0.29) is 0 Å². The molecule has 1 heterocycles. The summed E-state index contributed by atoms with van der Waals surface area (Å²) < 4.78 is 1.98. The average Bonchev–Trinajstić information content (AvgIpc) is 2.98. The molecule has 0 spiro atoms. The van der Waals surface area contributed by atoms with Crippen molar-refractivity contribution in [2.75, 3.05) is 0 Å². The van der Waals surface area contributed by atoms with E-state index < -0.39 is 0 Å². The average molecular weight is 276 g/mol. The molecule has 0 aliphatic heterocycles. The van der Waals surface area contributed by atoms with Gasteiger partial charge in [0.25, 0.3) is 0 Å². The van der Waals surface area contributed by atoms with Crippen LogP contribution < -0.4 is 0 Å². The lowest BCUT2D eigenvalue weighted by atomic mass is 10.2. The van der Waals surface area contributed by atoms with Crippen LogP contribution >= 0.6 is 0 Å². The molecule has 3 rings (SSSR count). The molecule has 0 aliphatic rings. The predicted molar refractivity (Wildman–Crippen MR) is 79.8 cm³/mol. The molecule has 0 unspecified atom stereocenters. The van der Waals surface area contributed by atoms with Gasteiger partial charge >= 0.3 is 0 Å². The molecule has 0 saturated carbocycles. The molecule has 0 saturated heterocycles. The van der Waals surface area contributed by atoms with Gasteiger partial charge in [0.2, 0.25) is 0 Å². The number of hydrogen-bond acceptors (Lipinski definition) is 3. The Bertz CT molecular complexity index is 769. The molecule has 0 bridgehead atoms. The highest BCUT2D eigenvalue weighted by Gasteiger charge is 2.07. The Hall–Kier alpha value is -3.11. The Morgan fingerprint density at radius 1 is 1.05 bits per heavy atom. The minimum atomic E-state index is 0.579. The summed E-state index contributed by atoms with van der Waals surface area (Å²) >= 11 is 0. The second kappa shape index (κ2) is 5.90. The van der Waals surface area contributed by atoms with E-state index in [1.54, 1.807) is 18.5 Å². The second-order valence-corrected chi connectivity index (χ2v) is 4.50. The van der Waals surface area contributed by atoms with Gasteiger partial charge in [-0.05, 0) is 11.1 Å². The van der Waals surface area contributed by atoms with Gasteiger partial charge in [0.15, 0.2) is 5.82 Å². The molecule has 6 nitrogen and oxygen atoms in total. The zero-order valence-corrected chi connectivity index (χ0v) is 11.2. The summed E-state index contributed by atoms with van der Waals surface area (Å²) in [5, 5.41) is 11.7. The van der Waals surface area contributed by atoms with Crippen molar-refractivity contribution in [3.8, 4) is 11.4 Å². The van der Waals surface area contributed by atoms with Crippen LogP contribution in [-0.4, -0.2) is 14.8 Å². The summed E-state index contributed by atoms with van der Waals surface area (Å²) in [6, 6.07) is 17.4. The molecule has 102 valence electrons. The first-order chi connectivity index (χ1) is 10.4. The van der Waals surface area contributed by atoms with E-state index in [4.69, 9.17) is 5.53 Å². The van der Waals surface area contributed by atoms with E-state index in [2.05, 4.69) is 32.4 Å². The smallest absolute Gasteiger partial charge is 0.164 e. The lowest BCUT2D eigenvalue weighted by molar-refractivity contribution is 0.803. The Morgan fingerprint density at radius 2 is 1.81 bits per heavy atom. The maximum absolute atomic E-state index is 8.41. The first-order valence-electron chi connectivity index (χ1n) is 6.44. The lowest BCUT2D eigenvalue weighted by Crippen LogP contribution is -2.00. The van der Waals surface area contributed by atoms with E-state index in [9.17, 15) is 0 Å². The van der Waals surface area contributed by atoms with Gasteiger partial charge in [-0.25, -0.2) is 0 Å². The molecule has 2 aromatic carbocycles. The molecular weight excluding hydrogens is 264 g/mol. The van der Waals surface area contributed by atoms with Gasteiger partial charge in [0, 0.05) is 16.2 Å². The van der Waals surface area contributed by atoms with Crippen molar-refractivity contribution in [2.45, 2.75) is 6.54 Å². The Morgan fingerprint density at radius 3 is 2.52 bits per heavy atom. The van der Waals surface area contributed by atoms with Crippen molar-refractivity contribution in [2.24, 2.45) is 5.11 Å². The van der Waals surface area contributed by atoms with Gasteiger partial charge in [-0.3, -0.25) is 0 Å². The fourth-order valence-corrected chi connectivity index (χ4v) is 2.10. The summed E-state index contributed by atoms with van der Waals surface area (Å²) in [6.45, 7) is 0.710. The third-order valence-corrected chi connectivity index (χ3v) is 3.10. The minimum absolute atomic E-state index is 0.579. The normalized spacial score (nSPS) is 10.1. The molecule has 0 atom stereocenters. The highest BCUT2D eigenvalue weighted by atomic mass is 15.3. The Kier molecular flexibility index (Phi) is 3.62. The lowest BCUT2D eigenvalue weighted by Gasteiger charge is -2.07. The summed E-state index contributed by atoms with van der Waals surface area (Å²) in [7, 11) is 0. The molecule has 1 aromatic heterocycles. The summed E-state index contributed by atoms with van der Waals surface area (Å²) in [5.41, 5.74) is 11.1. The van der Waals surface area contributed by atoms with Gasteiger partial charge in [-0.15, -0.1) is 10.2 Å².